The van der Waals surface area contributed by atoms with E-state index in [1.165, 1.54) is 6.08 Å². The standard InChI is InChI=1S/C13H11BrO3/c1-7(2)17-11-6-10(15)13(16)8-4-3-5-9(14)12(8)11/h3-7H,1-2H3. The summed E-state index contributed by atoms with van der Waals surface area (Å²) < 4.78 is 6.33. The zero-order valence-electron chi connectivity index (χ0n) is 9.49. The number of ether oxygens (including phenoxy) is 1. The van der Waals surface area contributed by atoms with E-state index in [-0.39, 0.29) is 6.10 Å². The molecular weight excluding hydrogens is 284 g/mol. The van der Waals surface area contributed by atoms with Gasteiger partial charge in [-0.1, -0.05) is 28.1 Å². The maximum atomic E-state index is 11.7. The molecule has 0 atom stereocenters. The Morgan fingerprint density at radius 1 is 1.24 bits per heavy atom. The highest BCUT2D eigenvalue weighted by atomic mass is 79.9. The monoisotopic (exact) mass is 294 g/mol. The molecule has 0 amide bonds. The van der Waals surface area contributed by atoms with Crippen molar-refractivity contribution in [2.45, 2.75) is 20.0 Å². The molecule has 0 N–H and O–H groups in total. The Morgan fingerprint density at radius 2 is 1.94 bits per heavy atom. The minimum Gasteiger partial charge on any atom is -0.490 e. The first-order valence-corrected chi connectivity index (χ1v) is 6.06. The number of rotatable bonds is 2. The smallest absolute Gasteiger partial charge is 0.233 e. The zero-order chi connectivity index (χ0) is 12.6. The van der Waals surface area contributed by atoms with Gasteiger partial charge in [0.05, 0.1) is 6.10 Å². The van der Waals surface area contributed by atoms with Gasteiger partial charge in [-0.3, -0.25) is 9.59 Å². The van der Waals surface area contributed by atoms with Crippen LogP contribution in [0.2, 0.25) is 0 Å². The molecular formula is C13H11BrO3. The molecule has 0 aromatic heterocycles. The van der Waals surface area contributed by atoms with E-state index >= 15 is 0 Å². The van der Waals surface area contributed by atoms with Gasteiger partial charge in [0.1, 0.15) is 5.76 Å². The lowest BCUT2D eigenvalue weighted by atomic mass is 9.94. The third kappa shape index (κ3) is 2.17. The molecule has 0 radical (unpaired) electrons. The van der Waals surface area contributed by atoms with Gasteiger partial charge in [-0.2, -0.15) is 0 Å². The third-order valence-corrected chi connectivity index (χ3v) is 3.01. The molecule has 4 heteroatoms. The lowest BCUT2D eigenvalue weighted by Crippen LogP contribution is -2.20. The van der Waals surface area contributed by atoms with Crippen LogP contribution in [0.1, 0.15) is 29.8 Å². The van der Waals surface area contributed by atoms with E-state index in [1.807, 2.05) is 19.9 Å². The third-order valence-electron chi connectivity index (χ3n) is 2.35. The first-order chi connectivity index (χ1) is 8.00. The first-order valence-electron chi connectivity index (χ1n) is 5.26. The summed E-state index contributed by atoms with van der Waals surface area (Å²) in [5.41, 5.74) is 1.05. The van der Waals surface area contributed by atoms with E-state index in [4.69, 9.17) is 4.74 Å². The van der Waals surface area contributed by atoms with E-state index in [2.05, 4.69) is 15.9 Å². The van der Waals surface area contributed by atoms with Crippen molar-refractivity contribution in [3.8, 4) is 0 Å². The van der Waals surface area contributed by atoms with Crippen molar-refractivity contribution in [1.82, 2.24) is 0 Å². The molecule has 0 saturated heterocycles. The summed E-state index contributed by atoms with van der Waals surface area (Å²) >= 11 is 3.38. The van der Waals surface area contributed by atoms with E-state index in [1.54, 1.807) is 12.1 Å². The summed E-state index contributed by atoms with van der Waals surface area (Å²) in [6.07, 6.45) is 1.21. The molecule has 0 fully saturated rings. The van der Waals surface area contributed by atoms with Gasteiger partial charge >= 0.3 is 0 Å². The molecule has 88 valence electrons. The Morgan fingerprint density at radius 3 is 2.59 bits per heavy atom. The number of carbonyl (C=O) groups is 2. The van der Waals surface area contributed by atoms with Gasteiger partial charge in [0.25, 0.3) is 0 Å². The normalized spacial score (nSPS) is 14.7. The zero-order valence-corrected chi connectivity index (χ0v) is 11.1. The predicted octanol–water partition coefficient (Wildman–Crippen LogP) is 2.98. The number of fused-ring (bicyclic) bond motifs is 1. The van der Waals surface area contributed by atoms with Gasteiger partial charge < -0.3 is 4.74 Å². The van der Waals surface area contributed by atoms with Gasteiger partial charge in [0, 0.05) is 21.7 Å². The molecule has 0 heterocycles. The largest absolute Gasteiger partial charge is 0.490 e. The van der Waals surface area contributed by atoms with E-state index < -0.39 is 11.6 Å². The fraction of sp³-hybridized carbons (Fsp3) is 0.231. The molecule has 1 aliphatic carbocycles. The van der Waals surface area contributed by atoms with Gasteiger partial charge in [0.2, 0.25) is 11.6 Å². The highest BCUT2D eigenvalue weighted by molar-refractivity contribution is 9.10. The van der Waals surface area contributed by atoms with Gasteiger partial charge in [-0.05, 0) is 19.9 Å². The second-order valence-corrected chi connectivity index (χ2v) is 4.89. The number of benzene rings is 1. The quantitative estimate of drug-likeness (QED) is 0.788. The minimum absolute atomic E-state index is 0.0535. The van der Waals surface area contributed by atoms with Crippen LogP contribution < -0.4 is 0 Å². The second-order valence-electron chi connectivity index (χ2n) is 4.03. The molecule has 0 aliphatic heterocycles. The SMILES string of the molecule is CC(C)OC1=CC(=O)C(=O)c2cccc(Br)c21. The second kappa shape index (κ2) is 4.45. The molecule has 3 nitrogen and oxygen atoms in total. The molecule has 0 spiro atoms. The number of hydrogen-bond acceptors (Lipinski definition) is 3. The Kier molecular flexibility index (Phi) is 3.15. The van der Waals surface area contributed by atoms with E-state index in [9.17, 15) is 9.59 Å². The summed E-state index contributed by atoms with van der Waals surface area (Å²) in [5.74, 6) is -0.573. The van der Waals surface area contributed by atoms with Crippen molar-refractivity contribution in [2.24, 2.45) is 0 Å². The van der Waals surface area contributed by atoms with Crippen LogP contribution in [-0.2, 0) is 9.53 Å². The van der Waals surface area contributed by atoms with Crippen molar-refractivity contribution in [3.05, 3.63) is 39.9 Å². The van der Waals surface area contributed by atoms with E-state index in [0.717, 1.165) is 4.47 Å². The molecule has 1 aliphatic rings. The van der Waals surface area contributed by atoms with Crippen LogP contribution in [-0.4, -0.2) is 17.7 Å². The predicted molar refractivity (Wildman–Crippen MR) is 67.7 cm³/mol. The molecule has 0 unspecified atom stereocenters. The average molecular weight is 295 g/mol. The number of Topliss-reactive ketones (excluding diaryl/α,β-unsaturated/α-hetero) is 1. The molecule has 1 aromatic carbocycles. The van der Waals surface area contributed by atoms with Crippen LogP contribution in [0, 0.1) is 0 Å². The fourth-order valence-corrected chi connectivity index (χ4v) is 2.26. The summed E-state index contributed by atoms with van der Waals surface area (Å²) in [7, 11) is 0. The van der Waals surface area contributed by atoms with Crippen LogP contribution in [0.3, 0.4) is 0 Å². The maximum absolute atomic E-state index is 11.7. The van der Waals surface area contributed by atoms with Crippen molar-refractivity contribution in [1.29, 1.82) is 0 Å². The van der Waals surface area contributed by atoms with Crippen molar-refractivity contribution in [2.75, 3.05) is 0 Å². The van der Waals surface area contributed by atoms with Crippen LogP contribution in [0.5, 0.6) is 0 Å². The minimum atomic E-state index is -0.536. The summed E-state index contributed by atoms with van der Waals surface area (Å²) in [6, 6.07) is 5.18. The molecule has 1 aromatic rings. The van der Waals surface area contributed by atoms with Crippen molar-refractivity contribution in [3.63, 3.8) is 0 Å². The Hall–Kier alpha value is -1.42. The highest BCUT2D eigenvalue weighted by Gasteiger charge is 2.28. The van der Waals surface area contributed by atoms with Gasteiger partial charge in [-0.25, -0.2) is 0 Å². The molecule has 0 saturated carbocycles. The number of hydrogen-bond donors (Lipinski definition) is 0. The Labute approximate surface area is 108 Å². The fourth-order valence-electron chi connectivity index (χ4n) is 1.70. The highest BCUT2D eigenvalue weighted by Crippen LogP contribution is 2.32. The summed E-state index contributed by atoms with van der Waals surface area (Å²) in [4.78, 5) is 23.3. The molecule has 0 bridgehead atoms. The number of allylic oxidation sites excluding steroid dienone is 1. The topological polar surface area (TPSA) is 43.4 Å². The Balaban J connectivity index is 2.60. The number of carbonyl (C=O) groups excluding carboxylic acids is 2. The Bertz CT molecular complexity index is 529. The summed E-state index contributed by atoms with van der Waals surface area (Å²) in [6.45, 7) is 3.75. The van der Waals surface area contributed by atoms with Crippen LogP contribution in [0.25, 0.3) is 5.76 Å². The van der Waals surface area contributed by atoms with Gasteiger partial charge in [0.15, 0.2) is 0 Å². The average Bonchev–Trinajstić information content (AvgIpc) is 2.24. The van der Waals surface area contributed by atoms with Crippen molar-refractivity contribution >= 4 is 33.3 Å². The van der Waals surface area contributed by atoms with Crippen LogP contribution in [0.15, 0.2) is 28.7 Å². The maximum Gasteiger partial charge on any atom is 0.233 e. The van der Waals surface area contributed by atoms with Gasteiger partial charge in [-0.15, -0.1) is 0 Å². The first kappa shape index (κ1) is 12.0. The summed E-state index contributed by atoms with van der Waals surface area (Å²) in [5, 5.41) is 0. The lowest BCUT2D eigenvalue weighted by Gasteiger charge is -2.20. The lowest BCUT2D eigenvalue weighted by molar-refractivity contribution is -0.111. The van der Waals surface area contributed by atoms with Crippen LogP contribution in [0.4, 0.5) is 0 Å². The number of halogens is 1. The molecule has 2 rings (SSSR count). The number of ketones is 2. The molecule has 17 heavy (non-hydrogen) atoms. The van der Waals surface area contributed by atoms with Crippen LogP contribution >= 0.6 is 15.9 Å². The van der Waals surface area contributed by atoms with E-state index in [0.29, 0.717) is 16.9 Å². The van der Waals surface area contributed by atoms with Crippen molar-refractivity contribution < 1.29 is 14.3 Å².